The summed E-state index contributed by atoms with van der Waals surface area (Å²) in [7, 11) is -1.05. The largest absolute Gasteiger partial charge is 0.489 e. The fourth-order valence-electron chi connectivity index (χ4n) is 14.6. The van der Waals surface area contributed by atoms with Crippen molar-refractivity contribution in [2.45, 2.75) is 92.5 Å². The van der Waals surface area contributed by atoms with E-state index in [4.69, 9.17) is 66.3 Å². The average Bonchev–Trinajstić information content (AvgIpc) is 0.808. The van der Waals surface area contributed by atoms with Gasteiger partial charge in [-0.25, -0.2) is 0 Å². The number of benzene rings is 17. The molecule has 17 rings (SSSR count). The molecule has 0 aliphatic heterocycles. The fourth-order valence-corrected chi connectivity index (χ4v) is 16.9. The lowest BCUT2D eigenvalue weighted by molar-refractivity contribution is 0.273. The molecular formula is C116H99O14P. The lowest BCUT2D eigenvalue weighted by atomic mass is 10.2. The van der Waals surface area contributed by atoms with Gasteiger partial charge < -0.3 is 66.3 Å². The molecule has 652 valence electrons. The third-order valence-corrected chi connectivity index (χ3v) is 23.7. The van der Waals surface area contributed by atoms with Crippen molar-refractivity contribution in [3.8, 4) is 80.5 Å². The first-order valence-corrected chi connectivity index (χ1v) is 45.1. The fraction of sp³-hybridized carbons (Fsp3) is 0.121. The first-order valence-electron chi connectivity index (χ1n) is 43.8. The molecule has 0 bridgehead atoms. The molecule has 0 saturated carbocycles. The van der Waals surface area contributed by atoms with E-state index in [1.54, 1.807) is 0 Å². The summed E-state index contributed by atoms with van der Waals surface area (Å²) >= 11 is 0. The molecule has 0 heterocycles. The SMILES string of the molecule is c1ccc(COc2cc(COc3cc(COc4ccc(P(c5ccccc5)c5ccc(OCc6cc(OCc7cc(OCc8ccccc8)cc(OCc8ccccc8)c7)cc(OCc7cc(OCc8ccccc8)cc(OCc8ccccc8)c7)c6)cc5)cc4)cc(OCc4cc(OCc5ccccc5)cc(OCc5ccccc5)c4)c3)cc(OCc3ccccc3)c2)cc1. The van der Waals surface area contributed by atoms with Gasteiger partial charge in [0, 0.05) is 36.4 Å². The maximum Gasteiger partial charge on any atom is 0.123 e. The Kier molecular flexibility index (Phi) is 30.5. The van der Waals surface area contributed by atoms with Crippen molar-refractivity contribution in [2.24, 2.45) is 0 Å². The molecule has 0 atom stereocenters. The Labute approximate surface area is 767 Å². The van der Waals surface area contributed by atoms with E-state index in [2.05, 4.69) is 54.6 Å². The molecule has 0 spiro atoms. The van der Waals surface area contributed by atoms with Crippen LogP contribution in [0, 0.1) is 0 Å². The van der Waals surface area contributed by atoms with Crippen LogP contribution in [0.1, 0.15) is 77.9 Å². The summed E-state index contributed by atoms with van der Waals surface area (Å²) in [6.07, 6.45) is 0. The van der Waals surface area contributed by atoms with Gasteiger partial charge in [-0.3, -0.25) is 0 Å². The zero-order chi connectivity index (χ0) is 88.5. The Hall–Kier alpha value is -15.6. The molecule has 0 N–H and O–H groups in total. The zero-order valence-corrected chi connectivity index (χ0v) is 73.4. The first-order chi connectivity index (χ1) is 64.7. The van der Waals surface area contributed by atoms with E-state index in [-0.39, 0.29) is 39.6 Å². The lowest BCUT2D eigenvalue weighted by Crippen LogP contribution is -2.20. The second-order valence-corrected chi connectivity index (χ2v) is 33.7. The van der Waals surface area contributed by atoms with Crippen LogP contribution in [0.5, 0.6) is 80.5 Å². The minimum atomic E-state index is -1.05. The Morgan fingerprint density at radius 1 is 0.107 bits per heavy atom. The average molecular weight is 1750 g/mol. The van der Waals surface area contributed by atoms with E-state index in [0.29, 0.717) is 133 Å². The Bertz CT molecular complexity index is 5460. The van der Waals surface area contributed by atoms with E-state index in [9.17, 15) is 0 Å². The highest BCUT2D eigenvalue weighted by Gasteiger charge is 2.20. The normalized spacial score (nSPS) is 10.9. The van der Waals surface area contributed by atoms with Crippen LogP contribution in [0.2, 0.25) is 0 Å². The molecule has 0 radical (unpaired) electrons. The number of ether oxygens (including phenoxy) is 14. The van der Waals surface area contributed by atoms with Gasteiger partial charge in [0.25, 0.3) is 0 Å². The molecule has 0 aromatic heterocycles. The number of hydrogen-bond donors (Lipinski definition) is 0. The number of hydrogen-bond acceptors (Lipinski definition) is 14. The van der Waals surface area contributed by atoms with Crippen LogP contribution in [-0.4, -0.2) is 0 Å². The quantitative estimate of drug-likeness (QED) is 0.0336. The monoisotopic (exact) mass is 1750 g/mol. The van der Waals surface area contributed by atoms with Crippen molar-refractivity contribution < 1.29 is 66.3 Å². The Morgan fingerprint density at radius 3 is 0.382 bits per heavy atom. The van der Waals surface area contributed by atoms with Gasteiger partial charge in [-0.15, -0.1) is 0 Å². The summed E-state index contributed by atoms with van der Waals surface area (Å²) in [5.74, 6) is 8.95. The molecule has 0 aliphatic carbocycles. The smallest absolute Gasteiger partial charge is 0.123 e. The van der Waals surface area contributed by atoms with Gasteiger partial charge in [0.2, 0.25) is 0 Å². The van der Waals surface area contributed by atoms with Crippen molar-refractivity contribution in [3.05, 3.63) is 509 Å². The molecule has 17 aromatic carbocycles. The van der Waals surface area contributed by atoms with E-state index in [1.807, 2.05) is 376 Å². The van der Waals surface area contributed by atoms with Crippen LogP contribution in [0.4, 0.5) is 0 Å². The first kappa shape index (κ1) is 87.4. The molecule has 0 saturated heterocycles. The van der Waals surface area contributed by atoms with E-state index in [1.165, 1.54) is 5.30 Å². The molecular weight excluding hydrogens is 1650 g/mol. The summed E-state index contributed by atoms with van der Waals surface area (Å²) in [4.78, 5) is 0. The molecule has 17 aromatic rings. The van der Waals surface area contributed by atoms with Crippen LogP contribution in [-0.2, 0) is 92.5 Å². The molecule has 14 nitrogen and oxygen atoms in total. The lowest BCUT2D eigenvalue weighted by Gasteiger charge is -2.20. The molecule has 131 heavy (non-hydrogen) atoms. The van der Waals surface area contributed by atoms with Crippen molar-refractivity contribution in [1.29, 1.82) is 0 Å². The third kappa shape index (κ3) is 27.2. The van der Waals surface area contributed by atoms with E-state index in [0.717, 1.165) is 88.5 Å². The maximum absolute atomic E-state index is 6.77. The second kappa shape index (κ2) is 45.7. The number of rotatable bonds is 45. The molecule has 0 unspecified atom stereocenters. The minimum absolute atomic E-state index is 0.193. The summed E-state index contributed by atoms with van der Waals surface area (Å²) in [5, 5.41) is 3.46. The van der Waals surface area contributed by atoms with E-state index >= 15 is 0 Å². The molecule has 0 fully saturated rings. The minimum Gasteiger partial charge on any atom is -0.489 e. The summed E-state index contributed by atoms with van der Waals surface area (Å²) in [6, 6.07) is 144. The highest BCUT2D eigenvalue weighted by Crippen LogP contribution is 2.38. The van der Waals surface area contributed by atoms with Gasteiger partial charge >= 0.3 is 0 Å². The molecule has 15 heteroatoms. The highest BCUT2D eigenvalue weighted by atomic mass is 31.1. The van der Waals surface area contributed by atoms with Crippen LogP contribution in [0.3, 0.4) is 0 Å². The second-order valence-electron chi connectivity index (χ2n) is 31.5. The van der Waals surface area contributed by atoms with Crippen molar-refractivity contribution in [2.75, 3.05) is 0 Å². The predicted molar refractivity (Wildman–Crippen MR) is 516 cm³/mol. The van der Waals surface area contributed by atoms with Gasteiger partial charge in [0.1, 0.15) is 173 Å². The Balaban J connectivity index is 0.612. The highest BCUT2D eigenvalue weighted by molar-refractivity contribution is 7.79. The van der Waals surface area contributed by atoms with Crippen molar-refractivity contribution >= 4 is 23.8 Å². The van der Waals surface area contributed by atoms with Gasteiger partial charge in [-0.05, 0) is 199 Å². The molecule has 0 amide bonds. The summed E-state index contributed by atoms with van der Waals surface area (Å²) in [6.45, 7) is 4.24. The zero-order valence-electron chi connectivity index (χ0n) is 72.6. The van der Waals surface area contributed by atoms with E-state index < -0.39 is 7.92 Å². The van der Waals surface area contributed by atoms with Crippen LogP contribution >= 0.6 is 7.92 Å². The topological polar surface area (TPSA) is 129 Å². The van der Waals surface area contributed by atoms with Crippen LogP contribution in [0.25, 0.3) is 0 Å². The standard InChI is InChI=1S/C116H99O14P/c1-10-28-86(29-11-1)72-119-102-58-96(59-103(66-102)120-73-87-30-12-2-13-31-87)82-127-110-54-94(55-111(70-110)128-83-97-60-104(121-74-88-32-14-3-15-33-88)67-105(61-97)122-75-89-34-16-4-17-35-89)80-117-100-46-50-115(51-47-100)131(114-44-26-9-27-45-114)116-52-48-101(49-53-116)118-81-95-56-112(129-84-98-62-106(123-76-90-36-18-5-19-37-90)68-107(63-98)124-77-91-38-20-6-21-39-91)71-113(57-95)130-85-99-64-108(125-78-92-40-22-7-23-41-92)69-109(65-99)126-79-93-42-24-8-25-43-93/h1-71H,72-85H2. The van der Waals surface area contributed by atoms with Gasteiger partial charge in [-0.1, -0.05) is 297 Å². The molecule has 0 aliphatic rings. The van der Waals surface area contributed by atoms with Gasteiger partial charge in [0.15, 0.2) is 0 Å². The van der Waals surface area contributed by atoms with Crippen molar-refractivity contribution in [1.82, 2.24) is 0 Å². The maximum atomic E-state index is 6.77. The predicted octanol–water partition coefficient (Wildman–Crippen LogP) is 25.6. The summed E-state index contributed by atoms with van der Waals surface area (Å²) in [5.41, 5.74) is 13.5. The van der Waals surface area contributed by atoms with Crippen LogP contribution in [0.15, 0.2) is 431 Å². The van der Waals surface area contributed by atoms with Gasteiger partial charge in [-0.2, -0.15) is 0 Å². The third-order valence-electron chi connectivity index (χ3n) is 21.3. The Morgan fingerprint density at radius 2 is 0.229 bits per heavy atom. The van der Waals surface area contributed by atoms with Crippen molar-refractivity contribution in [3.63, 3.8) is 0 Å². The van der Waals surface area contributed by atoms with Crippen LogP contribution < -0.4 is 82.2 Å². The van der Waals surface area contributed by atoms with Gasteiger partial charge in [0.05, 0.1) is 0 Å². The summed E-state index contributed by atoms with van der Waals surface area (Å²) < 4.78 is 91.9.